The van der Waals surface area contributed by atoms with Crippen LogP contribution >= 0.6 is 11.3 Å². The van der Waals surface area contributed by atoms with Gasteiger partial charge in [-0.15, -0.1) is 11.3 Å². The van der Waals surface area contributed by atoms with E-state index in [0.29, 0.717) is 12.2 Å². The minimum Gasteiger partial charge on any atom is -0.478 e. The van der Waals surface area contributed by atoms with Crippen molar-refractivity contribution in [2.75, 3.05) is 4.72 Å². The van der Waals surface area contributed by atoms with Gasteiger partial charge in [0.2, 0.25) is 0 Å². The first-order chi connectivity index (χ1) is 10.3. The molecule has 1 aliphatic rings. The number of thiazole rings is 1. The first-order valence-corrected chi connectivity index (χ1v) is 8.67. The van der Waals surface area contributed by atoms with Crippen molar-refractivity contribution in [3.8, 4) is 0 Å². The van der Waals surface area contributed by atoms with Crippen LogP contribution in [0.25, 0.3) is 0 Å². The average molecular weight is 339 g/mol. The molecule has 22 heavy (non-hydrogen) atoms. The van der Waals surface area contributed by atoms with Gasteiger partial charge >= 0.3 is 16.2 Å². The molecule has 0 radical (unpaired) electrons. The van der Waals surface area contributed by atoms with Crippen LogP contribution in [0.15, 0.2) is 24.3 Å². The SMILES string of the molecule is Cc1nc2c(s1)CN(S(=O)(=O)Nc1ccc(C(=O)O)cc1)C2. The molecule has 0 bridgehead atoms. The van der Waals surface area contributed by atoms with Gasteiger partial charge in [-0.05, 0) is 31.2 Å². The number of nitrogens with zero attached hydrogens (tertiary/aromatic N) is 2. The van der Waals surface area contributed by atoms with Gasteiger partial charge in [-0.2, -0.15) is 12.7 Å². The number of carbonyl (C=O) groups is 1. The van der Waals surface area contributed by atoms with Crippen molar-refractivity contribution in [1.82, 2.24) is 9.29 Å². The number of aryl methyl sites for hydroxylation is 1. The molecule has 116 valence electrons. The van der Waals surface area contributed by atoms with Crippen molar-refractivity contribution in [3.63, 3.8) is 0 Å². The predicted octanol–water partition coefficient (Wildman–Crippen LogP) is 1.82. The smallest absolute Gasteiger partial charge is 0.335 e. The molecular formula is C13H13N3O4S2. The molecule has 2 heterocycles. The van der Waals surface area contributed by atoms with E-state index in [1.54, 1.807) is 0 Å². The lowest BCUT2D eigenvalue weighted by molar-refractivity contribution is 0.0697. The van der Waals surface area contributed by atoms with Gasteiger partial charge in [-0.3, -0.25) is 4.72 Å². The first-order valence-electron chi connectivity index (χ1n) is 6.41. The van der Waals surface area contributed by atoms with Crippen molar-refractivity contribution in [3.05, 3.63) is 45.4 Å². The minimum atomic E-state index is -3.69. The molecule has 1 aromatic carbocycles. The van der Waals surface area contributed by atoms with E-state index in [-0.39, 0.29) is 12.1 Å². The zero-order chi connectivity index (χ0) is 15.9. The Morgan fingerprint density at radius 2 is 2.00 bits per heavy atom. The van der Waals surface area contributed by atoms with Crippen LogP contribution in [0.5, 0.6) is 0 Å². The van der Waals surface area contributed by atoms with Crippen LogP contribution in [0, 0.1) is 6.92 Å². The highest BCUT2D eigenvalue weighted by atomic mass is 32.2. The maximum absolute atomic E-state index is 12.3. The van der Waals surface area contributed by atoms with E-state index < -0.39 is 16.2 Å². The number of aromatic nitrogens is 1. The second-order valence-electron chi connectivity index (χ2n) is 4.86. The standard InChI is InChI=1S/C13H13N3O4S2/c1-8-14-11-6-16(7-12(11)21-8)22(19,20)15-10-4-2-9(3-5-10)13(17)18/h2-5,15H,6-7H2,1H3,(H,17,18). The number of nitrogens with one attached hydrogen (secondary N) is 1. The van der Waals surface area contributed by atoms with E-state index in [1.807, 2.05) is 6.92 Å². The largest absolute Gasteiger partial charge is 0.478 e. The Bertz CT molecular complexity index is 804. The fraction of sp³-hybridized carbons (Fsp3) is 0.231. The van der Waals surface area contributed by atoms with Crippen LogP contribution in [-0.2, 0) is 23.3 Å². The monoisotopic (exact) mass is 339 g/mol. The van der Waals surface area contributed by atoms with Gasteiger partial charge in [-0.1, -0.05) is 0 Å². The van der Waals surface area contributed by atoms with Gasteiger partial charge in [0.15, 0.2) is 0 Å². The van der Waals surface area contributed by atoms with E-state index in [2.05, 4.69) is 9.71 Å². The number of hydrogen-bond donors (Lipinski definition) is 2. The zero-order valence-electron chi connectivity index (χ0n) is 11.6. The fourth-order valence-electron chi connectivity index (χ4n) is 2.21. The molecule has 0 unspecified atom stereocenters. The minimum absolute atomic E-state index is 0.103. The predicted molar refractivity (Wildman–Crippen MR) is 82.0 cm³/mol. The Labute approximate surface area is 131 Å². The number of anilines is 1. The summed E-state index contributed by atoms with van der Waals surface area (Å²) >= 11 is 1.50. The molecule has 1 aromatic heterocycles. The van der Waals surface area contributed by atoms with Gasteiger partial charge in [0, 0.05) is 10.6 Å². The van der Waals surface area contributed by atoms with E-state index >= 15 is 0 Å². The van der Waals surface area contributed by atoms with Crippen LogP contribution in [0.4, 0.5) is 5.69 Å². The molecule has 1 aliphatic heterocycles. The highest BCUT2D eigenvalue weighted by Gasteiger charge is 2.31. The lowest BCUT2D eigenvalue weighted by Gasteiger charge is -2.17. The lowest BCUT2D eigenvalue weighted by atomic mass is 10.2. The van der Waals surface area contributed by atoms with Crippen LogP contribution in [-0.4, -0.2) is 28.8 Å². The third-order valence-corrected chi connectivity index (χ3v) is 5.68. The number of aromatic carboxylic acids is 1. The summed E-state index contributed by atoms with van der Waals surface area (Å²) in [5, 5.41) is 9.76. The zero-order valence-corrected chi connectivity index (χ0v) is 13.2. The van der Waals surface area contributed by atoms with Crippen molar-refractivity contribution < 1.29 is 18.3 Å². The van der Waals surface area contributed by atoms with E-state index in [9.17, 15) is 13.2 Å². The van der Waals surface area contributed by atoms with Gasteiger partial charge in [0.1, 0.15) is 0 Å². The molecule has 7 nitrogen and oxygen atoms in total. The molecule has 0 saturated carbocycles. The lowest BCUT2D eigenvalue weighted by Crippen LogP contribution is -2.31. The van der Waals surface area contributed by atoms with Crippen LogP contribution in [0.2, 0.25) is 0 Å². The van der Waals surface area contributed by atoms with Gasteiger partial charge in [-0.25, -0.2) is 9.78 Å². The number of benzene rings is 1. The Balaban J connectivity index is 1.74. The second kappa shape index (κ2) is 5.34. The Hall–Kier alpha value is -1.97. The Morgan fingerprint density at radius 3 is 2.59 bits per heavy atom. The number of carboxylic acids is 1. The molecule has 3 rings (SSSR count). The summed E-state index contributed by atoms with van der Waals surface area (Å²) in [7, 11) is -3.69. The molecule has 0 atom stereocenters. The van der Waals surface area contributed by atoms with E-state index in [0.717, 1.165) is 15.6 Å². The van der Waals surface area contributed by atoms with Crippen molar-refractivity contribution >= 4 is 33.2 Å². The number of rotatable bonds is 4. The van der Waals surface area contributed by atoms with Crippen molar-refractivity contribution in [2.24, 2.45) is 0 Å². The summed E-state index contributed by atoms with van der Waals surface area (Å²) in [5.74, 6) is -1.06. The highest BCUT2D eigenvalue weighted by molar-refractivity contribution is 7.90. The highest BCUT2D eigenvalue weighted by Crippen LogP contribution is 2.30. The Kier molecular flexibility index (Phi) is 3.63. The third kappa shape index (κ3) is 2.82. The molecule has 2 aromatic rings. The summed E-state index contributed by atoms with van der Waals surface area (Å²) in [6.07, 6.45) is 0. The quantitative estimate of drug-likeness (QED) is 0.885. The summed E-state index contributed by atoms with van der Waals surface area (Å²) < 4.78 is 28.5. The summed E-state index contributed by atoms with van der Waals surface area (Å²) in [4.78, 5) is 16.1. The van der Waals surface area contributed by atoms with E-state index in [4.69, 9.17) is 5.11 Å². The summed E-state index contributed by atoms with van der Waals surface area (Å²) in [6, 6.07) is 5.56. The Morgan fingerprint density at radius 1 is 1.32 bits per heavy atom. The van der Waals surface area contributed by atoms with Gasteiger partial charge in [0.25, 0.3) is 0 Å². The van der Waals surface area contributed by atoms with Crippen LogP contribution < -0.4 is 4.72 Å². The molecule has 9 heteroatoms. The van der Waals surface area contributed by atoms with Gasteiger partial charge < -0.3 is 5.11 Å². The van der Waals surface area contributed by atoms with E-state index in [1.165, 1.54) is 39.9 Å². The maximum Gasteiger partial charge on any atom is 0.335 e. The van der Waals surface area contributed by atoms with Crippen LogP contribution in [0.1, 0.15) is 25.9 Å². The van der Waals surface area contributed by atoms with Crippen molar-refractivity contribution in [1.29, 1.82) is 0 Å². The second-order valence-corrected chi connectivity index (χ2v) is 7.82. The molecular weight excluding hydrogens is 326 g/mol. The summed E-state index contributed by atoms with van der Waals surface area (Å²) in [6.45, 7) is 2.45. The number of hydrogen-bond acceptors (Lipinski definition) is 5. The van der Waals surface area contributed by atoms with Crippen molar-refractivity contribution in [2.45, 2.75) is 20.0 Å². The summed E-state index contributed by atoms with van der Waals surface area (Å²) in [5.41, 5.74) is 1.23. The molecule has 0 amide bonds. The maximum atomic E-state index is 12.3. The normalized spacial score (nSPS) is 14.8. The molecule has 2 N–H and O–H groups in total. The fourth-order valence-corrected chi connectivity index (χ4v) is 4.40. The van der Waals surface area contributed by atoms with Crippen LogP contribution in [0.3, 0.4) is 0 Å². The average Bonchev–Trinajstić information content (AvgIpc) is 2.96. The van der Waals surface area contributed by atoms with Gasteiger partial charge in [0.05, 0.1) is 29.4 Å². The topological polar surface area (TPSA) is 99.6 Å². The molecule has 0 aliphatic carbocycles. The third-order valence-electron chi connectivity index (χ3n) is 3.25. The molecule has 0 saturated heterocycles. The molecule has 0 spiro atoms. The number of fused-ring (bicyclic) bond motifs is 1. The number of carboxylic acid groups (broad SMARTS) is 1. The first kappa shape index (κ1) is 14.9. The molecule has 0 fully saturated rings.